The summed E-state index contributed by atoms with van der Waals surface area (Å²) >= 11 is 0. The molecule has 38 heavy (non-hydrogen) atoms. The van der Waals surface area contributed by atoms with E-state index in [0.29, 0.717) is 49.0 Å². The van der Waals surface area contributed by atoms with Crippen molar-refractivity contribution < 1.29 is 9.59 Å². The average molecular weight is 516 g/mol. The number of carbonyl (C=O) groups is 2. The highest BCUT2D eigenvalue weighted by Gasteiger charge is 2.71. The molecule has 4 heterocycles. The van der Waals surface area contributed by atoms with Crippen LogP contribution in [0.1, 0.15) is 45.6 Å². The van der Waals surface area contributed by atoms with Crippen molar-refractivity contribution in [2.75, 3.05) is 47.8 Å². The van der Waals surface area contributed by atoms with Crippen molar-refractivity contribution in [3.05, 3.63) is 36.0 Å². The molecule has 2 atom stereocenters. The maximum Gasteiger partial charge on any atom is 0.244 e. The van der Waals surface area contributed by atoms with Crippen LogP contribution >= 0.6 is 0 Å². The lowest BCUT2D eigenvalue weighted by atomic mass is 9.42. The van der Waals surface area contributed by atoms with Crippen LogP contribution in [-0.4, -0.2) is 71.0 Å². The summed E-state index contributed by atoms with van der Waals surface area (Å²) in [6, 6.07) is 9.01. The molecule has 8 rings (SSSR count). The maximum absolute atomic E-state index is 14.0. The predicted octanol–water partition coefficient (Wildman–Crippen LogP) is 2.94. The van der Waals surface area contributed by atoms with Crippen LogP contribution in [0.25, 0.3) is 0 Å². The molecule has 5 fully saturated rings. The minimum absolute atomic E-state index is 0.0726. The number of fused-ring (bicyclic) bond motifs is 1. The first-order valence-electron chi connectivity index (χ1n) is 14.2. The molecule has 1 aromatic carbocycles. The second-order valence-electron chi connectivity index (χ2n) is 12.3. The Morgan fingerprint density at radius 2 is 1.82 bits per heavy atom. The van der Waals surface area contributed by atoms with Gasteiger partial charge in [-0.05, 0) is 69.2 Å². The highest BCUT2D eigenvalue weighted by molar-refractivity contribution is 6.15. The Morgan fingerprint density at radius 3 is 2.39 bits per heavy atom. The standard InChI is InChI=1S/C29H37N7O2/c1-18(2)34-10-12-35(13-11-34)23-6-4-22(5-7-23)32-27-31-17-21-14-28(8-9-30-25(28)37)26(38)36(24(21)33-27)29-15-20(16-29)19(29)3/h4-7,17-20H,8-16H2,1-3H3,(H,30,37)(H,31,32,33)/t19-,20?,28-,29?/m1/s1. The third-order valence-electron chi connectivity index (χ3n) is 10.2. The van der Waals surface area contributed by atoms with E-state index < -0.39 is 5.41 Å². The van der Waals surface area contributed by atoms with E-state index in [0.717, 1.165) is 50.3 Å². The summed E-state index contributed by atoms with van der Waals surface area (Å²) in [4.78, 5) is 43.3. The molecule has 0 unspecified atom stereocenters. The summed E-state index contributed by atoms with van der Waals surface area (Å²) in [5.74, 6) is 2.04. The van der Waals surface area contributed by atoms with Crippen LogP contribution in [0.3, 0.4) is 0 Å². The number of hydrogen-bond donors (Lipinski definition) is 2. The molecular formula is C29H37N7O2. The van der Waals surface area contributed by atoms with Crippen LogP contribution in [0.5, 0.6) is 0 Å². The Labute approximate surface area is 224 Å². The van der Waals surface area contributed by atoms with Crippen LogP contribution in [0, 0.1) is 17.3 Å². The zero-order chi connectivity index (χ0) is 26.2. The number of piperazine rings is 1. The normalized spacial score (nSPS) is 32.2. The monoisotopic (exact) mass is 515 g/mol. The van der Waals surface area contributed by atoms with Crippen LogP contribution in [0.2, 0.25) is 0 Å². The van der Waals surface area contributed by atoms with Crippen molar-refractivity contribution in [3.63, 3.8) is 0 Å². The number of rotatable bonds is 5. The predicted molar refractivity (Wildman–Crippen MR) is 147 cm³/mol. The van der Waals surface area contributed by atoms with Crippen LogP contribution in [-0.2, 0) is 16.0 Å². The summed E-state index contributed by atoms with van der Waals surface area (Å²) in [6.07, 6.45) is 4.72. The zero-order valence-electron chi connectivity index (χ0n) is 22.5. The van der Waals surface area contributed by atoms with Gasteiger partial charge in [0.1, 0.15) is 11.2 Å². The van der Waals surface area contributed by atoms with Crippen molar-refractivity contribution in [1.29, 1.82) is 0 Å². The van der Waals surface area contributed by atoms with Gasteiger partial charge >= 0.3 is 0 Å². The van der Waals surface area contributed by atoms with E-state index in [-0.39, 0.29) is 17.4 Å². The Hall–Kier alpha value is -3.20. The molecule has 9 heteroatoms. The number of hydrogen-bond acceptors (Lipinski definition) is 7. The third kappa shape index (κ3) is 3.33. The maximum atomic E-state index is 14.0. The van der Waals surface area contributed by atoms with E-state index in [9.17, 15) is 9.59 Å². The van der Waals surface area contributed by atoms with Crippen LogP contribution in [0.15, 0.2) is 30.5 Å². The van der Waals surface area contributed by atoms with Gasteiger partial charge in [0.05, 0.1) is 5.54 Å². The van der Waals surface area contributed by atoms with E-state index in [1.54, 1.807) is 0 Å². The molecular weight excluding hydrogens is 478 g/mol. The molecule has 0 radical (unpaired) electrons. The molecule has 9 nitrogen and oxygen atoms in total. The van der Waals surface area contributed by atoms with Crippen molar-refractivity contribution in [2.45, 2.75) is 58.0 Å². The van der Waals surface area contributed by atoms with Crippen molar-refractivity contribution in [3.8, 4) is 0 Å². The fraction of sp³-hybridized carbons (Fsp3) is 0.586. The Morgan fingerprint density at radius 1 is 1.08 bits per heavy atom. The van der Waals surface area contributed by atoms with Gasteiger partial charge in [0.15, 0.2) is 0 Å². The Bertz CT molecular complexity index is 1280. The van der Waals surface area contributed by atoms with Gasteiger partial charge in [0.25, 0.3) is 0 Å². The zero-order valence-corrected chi connectivity index (χ0v) is 22.5. The minimum Gasteiger partial charge on any atom is -0.369 e. The smallest absolute Gasteiger partial charge is 0.244 e. The van der Waals surface area contributed by atoms with Crippen molar-refractivity contribution in [1.82, 2.24) is 20.2 Å². The highest BCUT2D eigenvalue weighted by Crippen LogP contribution is 2.67. The SMILES string of the molecule is CC(C)N1CCN(c2ccc(Nc3ncc4c(n3)N(C35CC(C3)[C@H]5C)C(=O)[C@]3(CCNC3=O)C4)cc2)CC1. The fourth-order valence-corrected chi connectivity index (χ4v) is 7.40. The Kier molecular flexibility index (Phi) is 5.28. The molecule has 2 aromatic rings. The second kappa shape index (κ2) is 8.40. The second-order valence-corrected chi connectivity index (χ2v) is 12.3. The number of aromatic nitrogens is 2. The molecule has 2 amide bonds. The molecule has 1 spiro atoms. The first-order valence-corrected chi connectivity index (χ1v) is 14.2. The molecule has 2 saturated heterocycles. The van der Waals surface area contributed by atoms with E-state index in [1.807, 2.05) is 11.1 Å². The number of nitrogens with zero attached hydrogens (tertiary/aromatic N) is 5. The quantitative estimate of drug-likeness (QED) is 0.592. The molecule has 1 aromatic heterocycles. The van der Waals surface area contributed by atoms with Crippen molar-refractivity contribution >= 4 is 35.0 Å². The number of carbonyl (C=O) groups excluding carboxylic acids is 2. The first kappa shape index (κ1) is 23.9. The number of amides is 2. The van der Waals surface area contributed by atoms with Gasteiger partial charge < -0.3 is 15.5 Å². The van der Waals surface area contributed by atoms with E-state index in [4.69, 9.17) is 4.98 Å². The molecule has 3 saturated carbocycles. The summed E-state index contributed by atoms with van der Waals surface area (Å²) in [5, 5.41) is 6.26. The molecule has 6 aliphatic rings. The minimum atomic E-state index is -1.02. The summed E-state index contributed by atoms with van der Waals surface area (Å²) in [6.45, 7) is 11.5. The lowest BCUT2D eigenvalue weighted by Crippen LogP contribution is -2.78. The number of nitrogens with one attached hydrogen (secondary N) is 2. The third-order valence-corrected chi connectivity index (χ3v) is 10.2. The van der Waals surface area contributed by atoms with E-state index in [2.05, 4.69) is 70.5 Å². The summed E-state index contributed by atoms with van der Waals surface area (Å²) < 4.78 is 0. The van der Waals surface area contributed by atoms with Crippen LogP contribution in [0.4, 0.5) is 23.1 Å². The van der Waals surface area contributed by atoms with Gasteiger partial charge in [-0.2, -0.15) is 4.98 Å². The summed E-state index contributed by atoms with van der Waals surface area (Å²) in [5.41, 5.74) is 1.80. The summed E-state index contributed by atoms with van der Waals surface area (Å²) in [7, 11) is 0. The molecule has 200 valence electrons. The van der Waals surface area contributed by atoms with Gasteiger partial charge in [0.2, 0.25) is 17.8 Å². The number of anilines is 4. The first-order chi connectivity index (χ1) is 18.3. The molecule has 3 aliphatic heterocycles. The van der Waals surface area contributed by atoms with E-state index in [1.165, 1.54) is 5.69 Å². The largest absolute Gasteiger partial charge is 0.369 e. The van der Waals surface area contributed by atoms with Gasteiger partial charge in [-0.15, -0.1) is 0 Å². The lowest BCUT2D eigenvalue weighted by Gasteiger charge is -2.71. The average Bonchev–Trinajstić information content (AvgIpc) is 3.27. The molecule has 2 bridgehead atoms. The topological polar surface area (TPSA) is 93.7 Å². The van der Waals surface area contributed by atoms with E-state index >= 15 is 0 Å². The van der Waals surface area contributed by atoms with Crippen molar-refractivity contribution in [2.24, 2.45) is 17.3 Å². The highest BCUT2D eigenvalue weighted by atomic mass is 16.2. The van der Waals surface area contributed by atoms with Gasteiger partial charge in [-0.3, -0.25) is 19.4 Å². The van der Waals surface area contributed by atoms with Gasteiger partial charge in [-0.1, -0.05) is 6.92 Å². The van der Waals surface area contributed by atoms with Gasteiger partial charge in [0, 0.05) is 68.3 Å². The lowest BCUT2D eigenvalue weighted by molar-refractivity contribution is -0.151. The molecule has 3 aliphatic carbocycles. The Balaban J connectivity index is 1.13. The molecule has 2 N–H and O–H groups in total. The fourth-order valence-electron chi connectivity index (χ4n) is 7.40. The number of benzene rings is 1. The van der Waals surface area contributed by atoms with Gasteiger partial charge in [-0.25, -0.2) is 4.98 Å². The van der Waals surface area contributed by atoms with Crippen LogP contribution < -0.4 is 20.4 Å².